The van der Waals surface area contributed by atoms with E-state index in [1.165, 1.54) is 12.8 Å². The topological polar surface area (TPSA) is 49.8 Å². The molecule has 3 atom stereocenters. The van der Waals surface area contributed by atoms with Gasteiger partial charge >= 0.3 is 5.97 Å². The lowest BCUT2D eigenvalue weighted by atomic mass is 9.84. The van der Waals surface area contributed by atoms with Crippen LogP contribution in [-0.2, 0) is 16.0 Å². The Bertz CT molecular complexity index is 533. The van der Waals surface area contributed by atoms with E-state index in [9.17, 15) is 9.90 Å². The van der Waals surface area contributed by atoms with Crippen molar-refractivity contribution in [2.45, 2.75) is 57.2 Å². The molecule has 1 aromatic carbocycles. The predicted octanol–water partition coefficient (Wildman–Crippen LogP) is 2.40. The fraction of sp³-hybridized carbons (Fsp3) is 0.632. The van der Waals surface area contributed by atoms with Crippen LogP contribution in [0.4, 0.5) is 0 Å². The van der Waals surface area contributed by atoms with Gasteiger partial charge in [-0.15, -0.1) is 0 Å². The third-order valence-corrected chi connectivity index (χ3v) is 5.61. The maximum Gasteiger partial charge on any atom is 0.314 e. The monoisotopic (exact) mass is 317 g/mol. The van der Waals surface area contributed by atoms with Crippen LogP contribution in [0.2, 0.25) is 0 Å². The zero-order chi connectivity index (χ0) is 16.4. The highest BCUT2D eigenvalue weighted by molar-refractivity contribution is 5.77. The van der Waals surface area contributed by atoms with Crippen LogP contribution in [0.5, 0.6) is 0 Å². The second-order valence-corrected chi connectivity index (χ2v) is 7.43. The molecule has 0 spiro atoms. The second-order valence-electron chi connectivity index (χ2n) is 7.43. The molecule has 0 aliphatic carbocycles. The van der Waals surface area contributed by atoms with Crippen molar-refractivity contribution < 1.29 is 14.6 Å². The van der Waals surface area contributed by atoms with E-state index in [1.807, 2.05) is 30.3 Å². The minimum Gasteiger partial charge on any atom is -0.462 e. The molecule has 2 aliphatic rings. The van der Waals surface area contributed by atoms with Gasteiger partial charge in [-0.2, -0.15) is 0 Å². The van der Waals surface area contributed by atoms with Gasteiger partial charge in [-0.05, 0) is 51.6 Å². The lowest BCUT2D eigenvalue weighted by Gasteiger charge is -2.37. The highest BCUT2D eigenvalue weighted by Crippen LogP contribution is 2.36. The van der Waals surface area contributed by atoms with Crippen molar-refractivity contribution in [1.29, 1.82) is 0 Å². The number of hydrogen-bond donors (Lipinski definition) is 1. The Hall–Kier alpha value is -1.39. The van der Waals surface area contributed by atoms with E-state index in [0.717, 1.165) is 18.4 Å². The van der Waals surface area contributed by atoms with Crippen molar-refractivity contribution >= 4 is 5.97 Å². The molecule has 0 amide bonds. The molecule has 1 aromatic rings. The van der Waals surface area contributed by atoms with Gasteiger partial charge in [-0.25, -0.2) is 0 Å². The molecule has 2 aliphatic heterocycles. The minimum absolute atomic E-state index is 0.00199. The van der Waals surface area contributed by atoms with Crippen molar-refractivity contribution in [3.8, 4) is 0 Å². The number of ether oxygens (including phenoxy) is 1. The largest absolute Gasteiger partial charge is 0.462 e. The van der Waals surface area contributed by atoms with E-state index in [4.69, 9.17) is 4.74 Å². The highest BCUT2D eigenvalue weighted by Gasteiger charge is 2.42. The fourth-order valence-electron chi connectivity index (χ4n) is 3.99. The summed E-state index contributed by atoms with van der Waals surface area (Å²) in [5.74, 6) is -0.266. The van der Waals surface area contributed by atoms with Crippen molar-refractivity contribution in [1.82, 2.24) is 4.90 Å². The molecule has 2 bridgehead atoms. The third kappa shape index (κ3) is 3.43. The Kier molecular flexibility index (Phi) is 4.74. The maximum atomic E-state index is 12.7. The van der Waals surface area contributed by atoms with Crippen LogP contribution >= 0.6 is 0 Å². The van der Waals surface area contributed by atoms with Crippen molar-refractivity contribution in [3.63, 3.8) is 0 Å². The van der Waals surface area contributed by atoms with Crippen LogP contribution in [0.1, 0.15) is 38.2 Å². The zero-order valence-corrected chi connectivity index (χ0v) is 14.1. The van der Waals surface area contributed by atoms with Gasteiger partial charge in [0.1, 0.15) is 6.10 Å². The van der Waals surface area contributed by atoms with Gasteiger partial charge in [0.25, 0.3) is 0 Å². The molecule has 3 unspecified atom stereocenters. The summed E-state index contributed by atoms with van der Waals surface area (Å²) < 4.78 is 5.82. The summed E-state index contributed by atoms with van der Waals surface area (Å²) in [6, 6.07) is 10.9. The summed E-state index contributed by atoms with van der Waals surface area (Å²) in [7, 11) is 2.17. The normalized spacial score (nSPS) is 30.0. The summed E-state index contributed by atoms with van der Waals surface area (Å²) >= 11 is 0. The number of esters is 1. The quantitative estimate of drug-likeness (QED) is 0.847. The molecular formula is C19H27NO3. The lowest BCUT2D eigenvalue weighted by molar-refractivity contribution is -0.166. The highest BCUT2D eigenvalue weighted by atomic mass is 16.5. The van der Waals surface area contributed by atoms with Gasteiger partial charge in [-0.1, -0.05) is 30.3 Å². The van der Waals surface area contributed by atoms with E-state index in [1.54, 1.807) is 6.92 Å². The summed E-state index contributed by atoms with van der Waals surface area (Å²) in [5, 5.41) is 9.80. The Balaban J connectivity index is 1.64. The molecule has 126 valence electrons. The number of hydrogen-bond acceptors (Lipinski definition) is 4. The van der Waals surface area contributed by atoms with Crippen LogP contribution in [-0.4, -0.2) is 47.8 Å². The molecule has 0 saturated carbocycles. The smallest absolute Gasteiger partial charge is 0.314 e. The summed E-state index contributed by atoms with van der Waals surface area (Å²) in [6.45, 7) is 1.60. The molecule has 4 nitrogen and oxygen atoms in total. The number of nitrogens with zero attached hydrogens (tertiary/aromatic N) is 1. The van der Waals surface area contributed by atoms with E-state index in [-0.39, 0.29) is 18.7 Å². The summed E-state index contributed by atoms with van der Waals surface area (Å²) in [5.41, 5.74) is 0.175. The molecule has 4 heteroatoms. The second kappa shape index (κ2) is 6.62. The van der Waals surface area contributed by atoms with E-state index >= 15 is 0 Å². The Morgan fingerprint density at radius 1 is 1.26 bits per heavy atom. The van der Waals surface area contributed by atoms with Crippen molar-refractivity contribution in [2.75, 3.05) is 13.7 Å². The van der Waals surface area contributed by atoms with E-state index < -0.39 is 5.41 Å². The molecular weight excluding hydrogens is 290 g/mol. The first kappa shape index (κ1) is 16.5. The van der Waals surface area contributed by atoms with Crippen LogP contribution in [0.15, 0.2) is 30.3 Å². The molecule has 2 fully saturated rings. The summed E-state index contributed by atoms with van der Waals surface area (Å²) in [6.07, 6.45) is 4.75. The number of benzene rings is 1. The molecule has 2 saturated heterocycles. The number of fused-ring (bicyclic) bond motifs is 2. The van der Waals surface area contributed by atoms with Gasteiger partial charge in [0.2, 0.25) is 0 Å². The number of carbonyl (C=O) groups is 1. The number of carbonyl (C=O) groups excluding carboxylic acids is 1. The third-order valence-electron chi connectivity index (χ3n) is 5.61. The van der Waals surface area contributed by atoms with Crippen LogP contribution in [0.3, 0.4) is 0 Å². The first-order valence-corrected chi connectivity index (χ1v) is 8.59. The first-order chi connectivity index (χ1) is 11.0. The Labute approximate surface area is 138 Å². The molecule has 3 rings (SSSR count). The number of aliphatic hydroxyl groups is 1. The average molecular weight is 317 g/mol. The Morgan fingerprint density at radius 3 is 2.43 bits per heavy atom. The van der Waals surface area contributed by atoms with Crippen LogP contribution in [0, 0.1) is 5.41 Å². The first-order valence-electron chi connectivity index (χ1n) is 8.59. The fourth-order valence-corrected chi connectivity index (χ4v) is 3.99. The van der Waals surface area contributed by atoms with Gasteiger partial charge < -0.3 is 14.7 Å². The van der Waals surface area contributed by atoms with Crippen molar-refractivity contribution in [2.24, 2.45) is 5.41 Å². The van der Waals surface area contributed by atoms with E-state index in [0.29, 0.717) is 18.5 Å². The molecule has 0 radical (unpaired) electrons. The SMILES string of the molecule is CN1C2CCC1CC(OC(=O)C(C)(CO)Cc1ccccc1)C2. The minimum atomic E-state index is -0.871. The maximum absolute atomic E-state index is 12.7. The van der Waals surface area contributed by atoms with Gasteiger partial charge in [0.05, 0.1) is 12.0 Å². The molecule has 1 N–H and O–H groups in total. The number of piperidine rings is 1. The van der Waals surface area contributed by atoms with Gasteiger partial charge in [0, 0.05) is 12.1 Å². The number of aliphatic hydroxyl groups excluding tert-OH is 1. The van der Waals surface area contributed by atoms with E-state index in [2.05, 4.69) is 11.9 Å². The van der Waals surface area contributed by atoms with Crippen molar-refractivity contribution in [3.05, 3.63) is 35.9 Å². The molecule has 0 aromatic heterocycles. The van der Waals surface area contributed by atoms with Gasteiger partial charge in [-0.3, -0.25) is 4.79 Å². The predicted molar refractivity (Wildman–Crippen MR) is 89.0 cm³/mol. The molecule has 23 heavy (non-hydrogen) atoms. The molecule has 2 heterocycles. The lowest BCUT2D eigenvalue weighted by Crippen LogP contribution is -2.45. The van der Waals surface area contributed by atoms with Crippen LogP contribution in [0.25, 0.3) is 0 Å². The number of rotatable bonds is 5. The Morgan fingerprint density at radius 2 is 1.87 bits per heavy atom. The van der Waals surface area contributed by atoms with Crippen LogP contribution < -0.4 is 0 Å². The standard InChI is InChI=1S/C19H27NO3/c1-19(13-21,12-14-6-4-3-5-7-14)18(22)23-17-10-15-8-9-16(11-17)20(15)2/h3-7,15-17,21H,8-13H2,1-2H3. The zero-order valence-electron chi connectivity index (χ0n) is 14.1. The van der Waals surface area contributed by atoms with Gasteiger partial charge in [0.15, 0.2) is 0 Å². The summed E-state index contributed by atoms with van der Waals surface area (Å²) in [4.78, 5) is 15.1. The average Bonchev–Trinajstić information content (AvgIpc) is 2.76.